The van der Waals surface area contributed by atoms with Crippen molar-refractivity contribution in [3.05, 3.63) is 35.6 Å². The molecule has 0 atom stereocenters. The number of methoxy groups -OCH3 is 1. The van der Waals surface area contributed by atoms with Crippen LogP contribution in [0.5, 0.6) is 5.75 Å². The van der Waals surface area contributed by atoms with Gasteiger partial charge in [0.05, 0.1) is 12.7 Å². The van der Waals surface area contributed by atoms with E-state index in [4.69, 9.17) is 14.4 Å². The Morgan fingerprint density at radius 2 is 2.06 bits per heavy atom. The first kappa shape index (κ1) is 20.4. The van der Waals surface area contributed by atoms with Crippen LogP contribution in [0.4, 0.5) is 10.2 Å². The van der Waals surface area contributed by atoms with Gasteiger partial charge in [0, 0.05) is 25.1 Å². The number of anilines is 1. The van der Waals surface area contributed by atoms with E-state index in [0.29, 0.717) is 37.5 Å². The van der Waals surface area contributed by atoms with Crippen LogP contribution < -0.4 is 9.64 Å². The molecule has 1 aliphatic rings. The van der Waals surface area contributed by atoms with E-state index in [9.17, 15) is 14.0 Å². The second kappa shape index (κ2) is 8.50. The first-order chi connectivity index (χ1) is 14.9. The lowest BCUT2D eigenvalue weighted by Crippen LogP contribution is -2.36. The van der Waals surface area contributed by atoms with E-state index >= 15 is 0 Å². The summed E-state index contributed by atoms with van der Waals surface area (Å²) in [5.41, 5.74) is 0.250. The van der Waals surface area contributed by atoms with Gasteiger partial charge in [0.2, 0.25) is 11.6 Å². The molecule has 1 aromatic carbocycles. The average Bonchev–Trinajstić information content (AvgIpc) is 3.42. The summed E-state index contributed by atoms with van der Waals surface area (Å²) < 4.78 is 24.1. The van der Waals surface area contributed by atoms with Crippen molar-refractivity contribution in [1.82, 2.24) is 25.4 Å². The standard InChI is InChI=1S/C19H19FN6O5/c1-30-14-3-2-12(20)8-13(14)18(29)11-4-6-25(7-5-11)16-9-15(31-23-16)19-21-24-26(22-19)10-17(27)28/h2-3,8-9,11H,4-7,10H2,1H3,(H,27,28). The van der Waals surface area contributed by atoms with Crippen molar-refractivity contribution in [3.8, 4) is 17.3 Å². The lowest BCUT2D eigenvalue weighted by atomic mass is 9.88. The van der Waals surface area contributed by atoms with E-state index < -0.39 is 18.3 Å². The molecule has 3 aromatic rings. The summed E-state index contributed by atoms with van der Waals surface area (Å²) in [5, 5.41) is 24.2. The topological polar surface area (TPSA) is 136 Å². The number of carbonyl (C=O) groups excluding carboxylic acids is 1. The second-order valence-corrected chi connectivity index (χ2v) is 7.06. The Bertz CT molecular complexity index is 1100. The highest BCUT2D eigenvalue weighted by Crippen LogP contribution is 2.30. The number of Topliss-reactive ketones (excluding diaryl/α,β-unsaturated/α-hetero) is 1. The van der Waals surface area contributed by atoms with Crippen LogP contribution in [0.15, 0.2) is 28.8 Å². The minimum Gasteiger partial charge on any atom is -0.496 e. The third kappa shape index (κ3) is 4.37. The van der Waals surface area contributed by atoms with Crippen LogP contribution in [0.2, 0.25) is 0 Å². The number of ketones is 1. The maximum absolute atomic E-state index is 13.6. The SMILES string of the molecule is COc1ccc(F)cc1C(=O)C1CCN(c2cc(-c3nnn(CC(=O)O)n3)on2)CC1. The van der Waals surface area contributed by atoms with E-state index in [1.807, 2.05) is 4.90 Å². The minimum atomic E-state index is -1.09. The molecule has 0 unspecified atom stereocenters. The quantitative estimate of drug-likeness (QED) is 0.551. The number of hydrogen-bond acceptors (Lipinski definition) is 9. The molecule has 1 N–H and O–H groups in total. The van der Waals surface area contributed by atoms with Crippen LogP contribution >= 0.6 is 0 Å². The molecule has 0 aliphatic carbocycles. The van der Waals surface area contributed by atoms with E-state index in [-0.39, 0.29) is 28.8 Å². The van der Waals surface area contributed by atoms with Gasteiger partial charge in [0.1, 0.15) is 11.6 Å². The monoisotopic (exact) mass is 430 g/mol. The second-order valence-electron chi connectivity index (χ2n) is 7.06. The maximum atomic E-state index is 13.6. The fraction of sp³-hybridized carbons (Fsp3) is 0.368. The lowest BCUT2D eigenvalue weighted by Gasteiger charge is -2.31. The summed E-state index contributed by atoms with van der Waals surface area (Å²) in [6.07, 6.45) is 1.13. The Morgan fingerprint density at radius 3 is 2.77 bits per heavy atom. The fourth-order valence-corrected chi connectivity index (χ4v) is 3.51. The van der Waals surface area contributed by atoms with Crippen LogP contribution in [-0.2, 0) is 11.3 Å². The van der Waals surface area contributed by atoms with Crippen LogP contribution in [0.25, 0.3) is 11.6 Å². The predicted octanol–water partition coefficient (Wildman–Crippen LogP) is 1.66. The van der Waals surface area contributed by atoms with Crippen molar-refractivity contribution in [1.29, 1.82) is 0 Å². The number of aromatic nitrogens is 5. The van der Waals surface area contributed by atoms with Crippen LogP contribution in [0.1, 0.15) is 23.2 Å². The number of tetrazole rings is 1. The van der Waals surface area contributed by atoms with E-state index in [1.54, 1.807) is 6.07 Å². The maximum Gasteiger partial charge on any atom is 0.327 e. The van der Waals surface area contributed by atoms with Gasteiger partial charge in [-0.15, -0.1) is 10.2 Å². The lowest BCUT2D eigenvalue weighted by molar-refractivity contribution is -0.138. The summed E-state index contributed by atoms with van der Waals surface area (Å²) in [5.74, 6) is -0.664. The number of piperidine rings is 1. The van der Waals surface area contributed by atoms with E-state index in [0.717, 1.165) is 4.80 Å². The number of benzene rings is 1. The van der Waals surface area contributed by atoms with Crippen molar-refractivity contribution in [2.45, 2.75) is 19.4 Å². The molecule has 0 saturated carbocycles. The molecule has 0 radical (unpaired) electrons. The zero-order valence-corrected chi connectivity index (χ0v) is 16.6. The van der Waals surface area contributed by atoms with Gasteiger partial charge >= 0.3 is 5.97 Å². The number of carboxylic acids is 1. The van der Waals surface area contributed by atoms with Gasteiger partial charge < -0.3 is 19.3 Å². The Labute approximate surface area is 175 Å². The summed E-state index contributed by atoms with van der Waals surface area (Å²) in [6.45, 7) is 0.698. The smallest absolute Gasteiger partial charge is 0.327 e. The number of ether oxygens (including phenoxy) is 1. The third-order valence-corrected chi connectivity index (χ3v) is 5.06. The van der Waals surface area contributed by atoms with Crippen molar-refractivity contribution < 1.29 is 28.3 Å². The Hall–Kier alpha value is -3.83. The zero-order valence-electron chi connectivity index (χ0n) is 16.6. The fourth-order valence-electron chi connectivity index (χ4n) is 3.51. The largest absolute Gasteiger partial charge is 0.496 e. The number of carboxylic acid groups (broad SMARTS) is 1. The molecule has 162 valence electrons. The highest BCUT2D eigenvalue weighted by molar-refractivity contribution is 6.00. The molecule has 1 fully saturated rings. The Balaban J connectivity index is 1.40. The van der Waals surface area contributed by atoms with Crippen molar-refractivity contribution in [3.63, 3.8) is 0 Å². The highest BCUT2D eigenvalue weighted by Gasteiger charge is 2.29. The highest BCUT2D eigenvalue weighted by atomic mass is 19.1. The molecule has 1 aliphatic heterocycles. The summed E-state index contributed by atoms with van der Waals surface area (Å²) in [6, 6.07) is 5.56. The number of carbonyl (C=O) groups is 2. The Kier molecular flexibility index (Phi) is 5.60. The summed E-state index contributed by atoms with van der Waals surface area (Å²) >= 11 is 0. The molecular weight excluding hydrogens is 411 g/mol. The van der Waals surface area contributed by atoms with Gasteiger partial charge in [-0.1, -0.05) is 5.16 Å². The Morgan fingerprint density at radius 1 is 1.29 bits per heavy atom. The molecule has 0 spiro atoms. The zero-order chi connectivity index (χ0) is 22.0. The molecule has 0 amide bonds. The van der Waals surface area contributed by atoms with Crippen LogP contribution in [-0.4, -0.2) is 62.4 Å². The number of hydrogen-bond donors (Lipinski definition) is 1. The molecule has 11 nitrogen and oxygen atoms in total. The van der Waals surface area contributed by atoms with Gasteiger partial charge in [-0.3, -0.25) is 9.59 Å². The van der Waals surface area contributed by atoms with Gasteiger partial charge in [-0.2, -0.15) is 4.80 Å². The predicted molar refractivity (Wildman–Crippen MR) is 103 cm³/mol. The minimum absolute atomic E-state index is 0.128. The molecule has 0 bridgehead atoms. The first-order valence-corrected chi connectivity index (χ1v) is 9.54. The number of halogens is 1. The van der Waals surface area contributed by atoms with Crippen molar-refractivity contribution >= 4 is 17.6 Å². The van der Waals surface area contributed by atoms with E-state index in [2.05, 4.69) is 20.6 Å². The molecule has 31 heavy (non-hydrogen) atoms. The van der Waals surface area contributed by atoms with Crippen LogP contribution in [0.3, 0.4) is 0 Å². The molecule has 1 saturated heterocycles. The number of aliphatic carboxylic acids is 1. The van der Waals surface area contributed by atoms with Gasteiger partial charge in [-0.05, 0) is 36.3 Å². The van der Waals surface area contributed by atoms with Gasteiger partial charge in [-0.25, -0.2) is 4.39 Å². The van der Waals surface area contributed by atoms with Crippen LogP contribution in [0, 0.1) is 11.7 Å². The molecule has 2 aromatic heterocycles. The van der Waals surface area contributed by atoms with E-state index in [1.165, 1.54) is 25.3 Å². The van der Waals surface area contributed by atoms with Gasteiger partial charge in [0.15, 0.2) is 18.1 Å². The third-order valence-electron chi connectivity index (χ3n) is 5.06. The number of rotatable bonds is 7. The molecule has 12 heteroatoms. The molecule has 3 heterocycles. The van der Waals surface area contributed by atoms with Crippen molar-refractivity contribution in [2.75, 3.05) is 25.1 Å². The normalized spacial score (nSPS) is 14.6. The first-order valence-electron chi connectivity index (χ1n) is 9.54. The molecular formula is C19H19FN6O5. The van der Waals surface area contributed by atoms with Gasteiger partial charge in [0.25, 0.3) is 0 Å². The van der Waals surface area contributed by atoms with Crippen molar-refractivity contribution in [2.24, 2.45) is 5.92 Å². The summed E-state index contributed by atoms with van der Waals surface area (Å²) in [4.78, 5) is 26.5. The average molecular weight is 430 g/mol. The number of nitrogens with zero attached hydrogens (tertiary/aromatic N) is 6. The summed E-state index contributed by atoms with van der Waals surface area (Å²) in [7, 11) is 1.45. The molecule has 4 rings (SSSR count).